The van der Waals surface area contributed by atoms with E-state index >= 15 is 0 Å². The minimum Gasteiger partial charge on any atom is -0.325 e. The Balaban J connectivity index is 2.66. The van der Waals surface area contributed by atoms with Crippen molar-refractivity contribution < 1.29 is 13.2 Å². The van der Waals surface area contributed by atoms with Gasteiger partial charge in [0.2, 0.25) is 0 Å². The monoisotopic (exact) mass is 196 g/mol. The van der Waals surface area contributed by atoms with Crippen LogP contribution in [0.15, 0.2) is 0 Å². The lowest BCUT2D eigenvalue weighted by atomic mass is 9.87. The van der Waals surface area contributed by atoms with Gasteiger partial charge in [0.25, 0.3) is 5.92 Å². The Labute approximate surface area is 75.9 Å². The summed E-state index contributed by atoms with van der Waals surface area (Å²) >= 11 is 0. The molecule has 1 aliphatic rings. The summed E-state index contributed by atoms with van der Waals surface area (Å²) in [5.74, 6) is -3.38. The number of piperidine rings is 1. The molecule has 5 heteroatoms. The standard InChI is InChI=1S/C8H15F3N2/c1-13-4-2-7(9,3-5-13)8(10,11)6-12/h2-6,12H2,1H3. The predicted molar refractivity (Wildman–Crippen MR) is 44.6 cm³/mol. The summed E-state index contributed by atoms with van der Waals surface area (Å²) in [5.41, 5.74) is 2.46. The second-order valence-corrected chi connectivity index (χ2v) is 3.68. The maximum Gasteiger partial charge on any atom is 0.293 e. The first kappa shape index (κ1) is 10.8. The second-order valence-electron chi connectivity index (χ2n) is 3.68. The maximum absolute atomic E-state index is 13.7. The van der Waals surface area contributed by atoms with Crippen molar-refractivity contribution in [2.45, 2.75) is 24.4 Å². The molecule has 0 radical (unpaired) electrons. The zero-order chi connectivity index (χ0) is 10.1. The average molecular weight is 196 g/mol. The topological polar surface area (TPSA) is 29.3 Å². The normalized spacial score (nSPS) is 24.7. The van der Waals surface area contributed by atoms with E-state index in [1.807, 2.05) is 4.90 Å². The smallest absolute Gasteiger partial charge is 0.293 e. The van der Waals surface area contributed by atoms with E-state index in [-0.39, 0.29) is 12.8 Å². The molecule has 2 N–H and O–H groups in total. The number of halogens is 3. The van der Waals surface area contributed by atoms with Crippen molar-refractivity contribution in [3.05, 3.63) is 0 Å². The highest BCUT2D eigenvalue weighted by Gasteiger charge is 2.54. The highest BCUT2D eigenvalue weighted by Crippen LogP contribution is 2.39. The van der Waals surface area contributed by atoms with Gasteiger partial charge in [0.15, 0.2) is 5.67 Å². The van der Waals surface area contributed by atoms with E-state index in [2.05, 4.69) is 0 Å². The highest BCUT2D eigenvalue weighted by molar-refractivity contribution is 4.97. The van der Waals surface area contributed by atoms with Gasteiger partial charge >= 0.3 is 0 Å². The third-order valence-corrected chi connectivity index (χ3v) is 2.69. The van der Waals surface area contributed by atoms with Crippen LogP contribution >= 0.6 is 0 Å². The van der Waals surface area contributed by atoms with E-state index in [0.29, 0.717) is 13.1 Å². The number of alkyl halides is 3. The molecule has 0 bridgehead atoms. The Hall–Kier alpha value is -0.290. The summed E-state index contributed by atoms with van der Waals surface area (Å²) in [6.45, 7) is -0.175. The molecule has 0 aromatic carbocycles. The van der Waals surface area contributed by atoms with Crippen LogP contribution in [0, 0.1) is 0 Å². The van der Waals surface area contributed by atoms with Gasteiger partial charge in [-0.15, -0.1) is 0 Å². The molecule has 13 heavy (non-hydrogen) atoms. The quantitative estimate of drug-likeness (QED) is 0.714. The van der Waals surface area contributed by atoms with Crippen LogP contribution in [0.2, 0.25) is 0 Å². The molecule has 0 spiro atoms. The molecule has 1 fully saturated rings. The fourth-order valence-corrected chi connectivity index (χ4v) is 1.52. The molecule has 1 saturated heterocycles. The van der Waals surface area contributed by atoms with Crippen LogP contribution in [0.4, 0.5) is 13.2 Å². The number of hydrogen-bond acceptors (Lipinski definition) is 2. The van der Waals surface area contributed by atoms with Crippen molar-refractivity contribution in [1.29, 1.82) is 0 Å². The number of likely N-dealkylation sites (tertiary alicyclic amines) is 1. The summed E-state index contributed by atoms with van der Waals surface area (Å²) in [4.78, 5) is 1.84. The molecule has 0 atom stereocenters. The fourth-order valence-electron chi connectivity index (χ4n) is 1.52. The second kappa shape index (κ2) is 3.46. The molecule has 0 aromatic rings. The molecule has 0 unspecified atom stereocenters. The molecular weight excluding hydrogens is 181 g/mol. The Bertz CT molecular complexity index is 176. The van der Waals surface area contributed by atoms with Gasteiger partial charge in [0.1, 0.15) is 0 Å². The summed E-state index contributed by atoms with van der Waals surface area (Å²) in [5, 5.41) is 0. The SMILES string of the molecule is CN1CCC(F)(C(F)(F)CN)CC1. The Morgan fingerprint density at radius 2 is 1.85 bits per heavy atom. The van der Waals surface area contributed by atoms with Crippen LogP contribution in [-0.2, 0) is 0 Å². The van der Waals surface area contributed by atoms with E-state index in [4.69, 9.17) is 5.73 Å². The third kappa shape index (κ3) is 1.96. The van der Waals surface area contributed by atoms with Gasteiger partial charge in [0.05, 0.1) is 6.54 Å². The van der Waals surface area contributed by atoms with E-state index < -0.39 is 18.1 Å². The van der Waals surface area contributed by atoms with Crippen LogP contribution in [0.3, 0.4) is 0 Å². The van der Waals surface area contributed by atoms with Gasteiger partial charge in [0, 0.05) is 25.9 Å². The van der Waals surface area contributed by atoms with Crippen LogP contribution in [0.25, 0.3) is 0 Å². The van der Waals surface area contributed by atoms with Crippen LogP contribution in [0.1, 0.15) is 12.8 Å². The molecule has 1 heterocycles. The van der Waals surface area contributed by atoms with E-state index in [0.717, 1.165) is 0 Å². The zero-order valence-electron chi connectivity index (χ0n) is 7.69. The third-order valence-electron chi connectivity index (χ3n) is 2.69. The van der Waals surface area contributed by atoms with Gasteiger partial charge in [-0.25, -0.2) is 13.2 Å². The summed E-state index contributed by atoms with van der Waals surface area (Å²) in [6.07, 6.45) is -0.263. The van der Waals surface area contributed by atoms with Crippen LogP contribution in [-0.4, -0.2) is 43.2 Å². The van der Waals surface area contributed by atoms with Crippen molar-refractivity contribution in [2.24, 2.45) is 5.73 Å². The van der Waals surface area contributed by atoms with Crippen molar-refractivity contribution in [1.82, 2.24) is 4.90 Å². The molecule has 78 valence electrons. The zero-order valence-corrected chi connectivity index (χ0v) is 7.69. The van der Waals surface area contributed by atoms with Crippen molar-refractivity contribution in [3.63, 3.8) is 0 Å². The lowest BCUT2D eigenvalue weighted by Gasteiger charge is -2.38. The Morgan fingerprint density at radius 3 is 2.23 bits per heavy atom. The number of nitrogens with zero attached hydrogens (tertiary/aromatic N) is 1. The molecular formula is C8H15F3N2. The molecule has 0 aliphatic carbocycles. The summed E-state index contributed by atoms with van der Waals surface area (Å²) < 4.78 is 39.7. The van der Waals surface area contributed by atoms with Crippen LogP contribution in [0.5, 0.6) is 0 Å². The first-order valence-corrected chi connectivity index (χ1v) is 4.37. The van der Waals surface area contributed by atoms with Gasteiger partial charge in [-0.05, 0) is 7.05 Å². The van der Waals surface area contributed by atoms with Gasteiger partial charge in [-0.2, -0.15) is 0 Å². The minimum absolute atomic E-state index is 0.131. The predicted octanol–water partition coefficient (Wildman–Crippen LogP) is 1.01. The molecule has 0 saturated carbocycles. The summed E-state index contributed by atoms with van der Waals surface area (Å²) in [6, 6.07) is 0. The Kier molecular flexibility index (Phi) is 2.87. The Morgan fingerprint density at radius 1 is 1.38 bits per heavy atom. The lowest BCUT2D eigenvalue weighted by Crippen LogP contribution is -2.54. The average Bonchev–Trinajstić information content (AvgIpc) is 2.10. The van der Waals surface area contributed by atoms with Crippen LogP contribution < -0.4 is 5.73 Å². The maximum atomic E-state index is 13.7. The first-order chi connectivity index (χ1) is 5.91. The van der Waals surface area contributed by atoms with E-state index in [1.165, 1.54) is 0 Å². The number of nitrogens with two attached hydrogens (primary N) is 1. The lowest BCUT2D eigenvalue weighted by molar-refractivity contribution is -0.150. The van der Waals surface area contributed by atoms with Crippen molar-refractivity contribution in [2.75, 3.05) is 26.7 Å². The van der Waals surface area contributed by atoms with Gasteiger partial charge in [-0.1, -0.05) is 0 Å². The number of rotatable bonds is 2. The van der Waals surface area contributed by atoms with Gasteiger partial charge in [-0.3, -0.25) is 0 Å². The summed E-state index contributed by atoms with van der Waals surface area (Å²) in [7, 11) is 1.79. The van der Waals surface area contributed by atoms with Crippen molar-refractivity contribution >= 4 is 0 Å². The van der Waals surface area contributed by atoms with E-state index in [9.17, 15) is 13.2 Å². The first-order valence-electron chi connectivity index (χ1n) is 4.37. The van der Waals surface area contributed by atoms with Gasteiger partial charge < -0.3 is 10.6 Å². The molecule has 1 aliphatic heterocycles. The highest BCUT2D eigenvalue weighted by atomic mass is 19.3. The molecule has 1 rings (SSSR count). The molecule has 0 amide bonds. The van der Waals surface area contributed by atoms with E-state index in [1.54, 1.807) is 7.05 Å². The fraction of sp³-hybridized carbons (Fsp3) is 1.00. The molecule has 0 aromatic heterocycles. The number of hydrogen-bond donors (Lipinski definition) is 1. The minimum atomic E-state index is -3.38. The molecule has 2 nitrogen and oxygen atoms in total. The van der Waals surface area contributed by atoms with Crippen molar-refractivity contribution in [3.8, 4) is 0 Å². The largest absolute Gasteiger partial charge is 0.325 e.